The zero-order valence-electron chi connectivity index (χ0n) is 15.2. The van der Waals surface area contributed by atoms with Gasteiger partial charge < -0.3 is 4.74 Å². The standard InChI is InChI=1S/C18H24N2O6/c1-4-8-14(19(22)23)12-16(20(24)25)13(3)15-10-6-7-11-17(15)26-18(21)9-5-2/h5-7,9-11,13-14,16H,4,8,12H2,1-3H3/b9-5+. The predicted molar refractivity (Wildman–Crippen MR) is 96.4 cm³/mol. The van der Waals surface area contributed by atoms with Crippen molar-refractivity contribution in [2.24, 2.45) is 0 Å². The maximum absolute atomic E-state index is 11.7. The molecule has 0 saturated carbocycles. The molecule has 0 spiro atoms. The number of esters is 1. The van der Waals surface area contributed by atoms with Gasteiger partial charge in [0, 0.05) is 27.9 Å². The van der Waals surface area contributed by atoms with E-state index >= 15 is 0 Å². The Morgan fingerprint density at radius 3 is 2.42 bits per heavy atom. The highest BCUT2D eigenvalue weighted by molar-refractivity contribution is 5.84. The van der Waals surface area contributed by atoms with Crippen LogP contribution in [0.1, 0.15) is 51.5 Å². The molecule has 0 aliphatic carbocycles. The molecule has 3 atom stereocenters. The van der Waals surface area contributed by atoms with Gasteiger partial charge in [0.1, 0.15) is 5.75 Å². The SMILES string of the molecule is C/C=C/C(=O)Oc1ccccc1C(C)C(CC(CCC)[N+](=O)[O-])[N+](=O)[O-]. The zero-order chi connectivity index (χ0) is 19.7. The highest BCUT2D eigenvalue weighted by atomic mass is 16.6. The molecule has 0 amide bonds. The van der Waals surface area contributed by atoms with Crippen LogP contribution in [-0.2, 0) is 4.79 Å². The zero-order valence-corrected chi connectivity index (χ0v) is 15.2. The minimum absolute atomic E-state index is 0.174. The van der Waals surface area contributed by atoms with Gasteiger partial charge in [0.2, 0.25) is 12.1 Å². The van der Waals surface area contributed by atoms with Crippen molar-refractivity contribution in [3.8, 4) is 5.75 Å². The number of ether oxygens (including phenoxy) is 1. The van der Waals surface area contributed by atoms with Crippen molar-refractivity contribution in [2.75, 3.05) is 0 Å². The van der Waals surface area contributed by atoms with Crippen molar-refractivity contribution < 1.29 is 19.4 Å². The summed E-state index contributed by atoms with van der Waals surface area (Å²) in [6.45, 7) is 5.10. The first-order valence-corrected chi connectivity index (χ1v) is 8.52. The molecule has 142 valence electrons. The van der Waals surface area contributed by atoms with Crippen molar-refractivity contribution in [3.63, 3.8) is 0 Å². The molecule has 26 heavy (non-hydrogen) atoms. The lowest BCUT2D eigenvalue weighted by Crippen LogP contribution is -2.34. The van der Waals surface area contributed by atoms with E-state index in [1.807, 2.05) is 0 Å². The topological polar surface area (TPSA) is 113 Å². The summed E-state index contributed by atoms with van der Waals surface area (Å²) >= 11 is 0. The minimum Gasteiger partial charge on any atom is -0.423 e. The highest BCUT2D eigenvalue weighted by Gasteiger charge is 2.37. The number of hydrogen-bond acceptors (Lipinski definition) is 6. The van der Waals surface area contributed by atoms with Gasteiger partial charge >= 0.3 is 5.97 Å². The summed E-state index contributed by atoms with van der Waals surface area (Å²) in [5.41, 5.74) is 0.477. The largest absolute Gasteiger partial charge is 0.423 e. The van der Waals surface area contributed by atoms with E-state index in [9.17, 15) is 25.0 Å². The summed E-state index contributed by atoms with van der Waals surface area (Å²) in [7, 11) is 0. The molecular weight excluding hydrogens is 340 g/mol. The Morgan fingerprint density at radius 1 is 1.23 bits per heavy atom. The first kappa shape index (κ1) is 21.3. The van der Waals surface area contributed by atoms with E-state index in [4.69, 9.17) is 4.74 Å². The van der Waals surface area contributed by atoms with Crippen LogP contribution in [0.3, 0.4) is 0 Å². The van der Waals surface area contributed by atoms with Gasteiger partial charge in [0.15, 0.2) is 0 Å². The third-order valence-electron chi connectivity index (χ3n) is 4.20. The summed E-state index contributed by atoms with van der Waals surface area (Å²) in [6, 6.07) is 4.41. The summed E-state index contributed by atoms with van der Waals surface area (Å²) < 4.78 is 5.25. The van der Waals surface area contributed by atoms with Gasteiger partial charge in [-0.1, -0.05) is 38.1 Å². The van der Waals surface area contributed by atoms with Crippen LogP contribution in [0.5, 0.6) is 5.75 Å². The van der Waals surface area contributed by atoms with Crippen LogP contribution in [0.15, 0.2) is 36.4 Å². The van der Waals surface area contributed by atoms with E-state index in [-0.39, 0.29) is 18.6 Å². The molecule has 8 nitrogen and oxygen atoms in total. The summed E-state index contributed by atoms with van der Waals surface area (Å²) in [4.78, 5) is 33.5. The van der Waals surface area contributed by atoms with E-state index in [1.54, 1.807) is 45.0 Å². The summed E-state index contributed by atoms with van der Waals surface area (Å²) in [5, 5.41) is 22.8. The van der Waals surface area contributed by atoms with Crippen LogP contribution >= 0.6 is 0 Å². The van der Waals surface area contributed by atoms with Crippen molar-refractivity contribution in [1.29, 1.82) is 0 Å². The maximum atomic E-state index is 11.7. The van der Waals surface area contributed by atoms with Crippen LogP contribution < -0.4 is 4.74 Å². The summed E-state index contributed by atoms with van der Waals surface area (Å²) in [5.74, 6) is -1.01. The van der Waals surface area contributed by atoms with Crippen LogP contribution in [0, 0.1) is 20.2 Å². The van der Waals surface area contributed by atoms with E-state index in [0.717, 1.165) is 0 Å². The smallest absolute Gasteiger partial charge is 0.335 e. The van der Waals surface area contributed by atoms with Crippen molar-refractivity contribution in [2.45, 2.75) is 58.0 Å². The average molecular weight is 364 g/mol. The lowest BCUT2D eigenvalue weighted by molar-refractivity contribution is -0.563. The number of nitrogens with zero attached hydrogens (tertiary/aromatic N) is 2. The van der Waals surface area contributed by atoms with Gasteiger partial charge in [-0.05, 0) is 19.4 Å². The maximum Gasteiger partial charge on any atom is 0.335 e. The number of benzene rings is 1. The lowest BCUT2D eigenvalue weighted by atomic mass is 9.88. The van der Waals surface area contributed by atoms with Gasteiger partial charge in [-0.2, -0.15) is 0 Å². The highest BCUT2D eigenvalue weighted by Crippen LogP contribution is 2.32. The Hall–Kier alpha value is -2.77. The molecule has 0 heterocycles. The fourth-order valence-corrected chi connectivity index (χ4v) is 2.83. The van der Waals surface area contributed by atoms with Crippen molar-refractivity contribution >= 4 is 5.97 Å². The number of hydrogen-bond donors (Lipinski definition) is 0. The first-order valence-electron chi connectivity index (χ1n) is 8.52. The molecule has 8 heteroatoms. The van der Waals surface area contributed by atoms with Gasteiger partial charge in [0.05, 0.1) is 12.3 Å². The first-order chi connectivity index (χ1) is 12.3. The third kappa shape index (κ3) is 5.94. The summed E-state index contributed by atoms with van der Waals surface area (Å²) in [6.07, 6.45) is 3.45. The van der Waals surface area contributed by atoms with E-state index in [0.29, 0.717) is 12.0 Å². The van der Waals surface area contributed by atoms with Crippen molar-refractivity contribution in [1.82, 2.24) is 0 Å². The second-order valence-electron chi connectivity index (χ2n) is 6.06. The molecule has 0 bridgehead atoms. The number of carbonyl (C=O) groups excluding carboxylic acids is 1. The molecule has 1 aromatic rings. The number of rotatable bonds is 10. The Morgan fingerprint density at radius 2 is 1.88 bits per heavy atom. The molecule has 1 aromatic carbocycles. The van der Waals surface area contributed by atoms with E-state index in [2.05, 4.69) is 0 Å². The molecule has 0 fully saturated rings. The molecule has 0 N–H and O–H groups in total. The van der Waals surface area contributed by atoms with Crippen molar-refractivity contribution in [3.05, 3.63) is 62.2 Å². The van der Waals surface area contributed by atoms with E-state index in [1.165, 1.54) is 12.2 Å². The molecule has 1 rings (SSSR count). The number of nitro groups is 2. The Bertz CT molecular complexity index is 673. The van der Waals surface area contributed by atoms with Crippen LogP contribution in [0.25, 0.3) is 0 Å². The molecule has 0 aliphatic heterocycles. The number of allylic oxidation sites excluding steroid dienone is 1. The predicted octanol–water partition coefficient (Wildman–Crippen LogP) is 3.75. The Labute approximate surface area is 152 Å². The molecular formula is C18H24N2O6. The number of carbonyl (C=O) groups is 1. The van der Waals surface area contributed by atoms with Crippen LogP contribution in [-0.4, -0.2) is 27.9 Å². The fourth-order valence-electron chi connectivity index (χ4n) is 2.83. The van der Waals surface area contributed by atoms with Gasteiger partial charge in [-0.15, -0.1) is 0 Å². The average Bonchev–Trinajstić information content (AvgIpc) is 2.58. The lowest BCUT2D eigenvalue weighted by Gasteiger charge is -2.20. The second-order valence-corrected chi connectivity index (χ2v) is 6.06. The second kappa shape index (κ2) is 10.3. The third-order valence-corrected chi connectivity index (χ3v) is 4.20. The molecule has 0 aliphatic rings. The number of para-hydroxylation sites is 1. The van der Waals surface area contributed by atoms with Gasteiger partial charge in [-0.3, -0.25) is 20.2 Å². The molecule has 0 aromatic heterocycles. The quantitative estimate of drug-likeness (QED) is 0.205. The Kier molecular flexibility index (Phi) is 8.41. The molecule has 0 radical (unpaired) electrons. The van der Waals surface area contributed by atoms with Crippen LogP contribution in [0.4, 0.5) is 0 Å². The Balaban J connectivity index is 3.12. The van der Waals surface area contributed by atoms with Crippen LogP contribution in [0.2, 0.25) is 0 Å². The molecule has 3 unspecified atom stereocenters. The fraction of sp³-hybridized carbons (Fsp3) is 0.500. The van der Waals surface area contributed by atoms with Gasteiger partial charge in [0.25, 0.3) is 0 Å². The van der Waals surface area contributed by atoms with Gasteiger partial charge in [-0.25, -0.2) is 4.79 Å². The monoisotopic (exact) mass is 364 g/mol. The molecule has 0 saturated heterocycles. The normalized spacial score (nSPS) is 14.6. The van der Waals surface area contributed by atoms with E-state index < -0.39 is 33.8 Å². The minimum atomic E-state index is -1.15.